The predicted molar refractivity (Wildman–Crippen MR) is 234 cm³/mol. The van der Waals surface area contributed by atoms with E-state index in [0.29, 0.717) is 0 Å². The molecule has 10 rings (SSSR count). The van der Waals surface area contributed by atoms with E-state index in [2.05, 4.69) is 221 Å². The molecule has 0 amide bonds. The van der Waals surface area contributed by atoms with Gasteiger partial charge in [0.2, 0.25) is 0 Å². The molecule has 0 aliphatic rings. The van der Waals surface area contributed by atoms with Crippen LogP contribution in [-0.2, 0) is 6.54 Å². The van der Waals surface area contributed by atoms with Gasteiger partial charge in [0.25, 0.3) is 0 Å². The molecule has 1 heterocycles. The molecule has 0 saturated carbocycles. The Morgan fingerprint density at radius 2 is 0.830 bits per heavy atom. The fourth-order valence-corrected chi connectivity index (χ4v) is 8.57. The monoisotopic (exact) mass is 787 g/mol. The molecule has 53 heavy (non-hydrogen) atoms. The van der Waals surface area contributed by atoms with Gasteiger partial charge in [-0.05, 0) is 131 Å². The third-order valence-corrected chi connectivity index (χ3v) is 11.4. The van der Waals surface area contributed by atoms with E-state index in [1.807, 2.05) is 0 Å². The molecule has 0 atom stereocenters. The van der Waals surface area contributed by atoms with Gasteiger partial charge in [-0.3, -0.25) is 0 Å². The summed E-state index contributed by atoms with van der Waals surface area (Å²) in [5.41, 5.74) is 13.6. The largest absolute Gasteiger partial charge is 0.336 e. The van der Waals surface area contributed by atoms with Gasteiger partial charge in [-0.1, -0.05) is 152 Å². The van der Waals surface area contributed by atoms with Gasteiger partial charge in [0.15, 0.2) is 0 Å². The topological polar surface area (TPSA) is 4.93 Å². The lowest BCUT2D eigenvalue weighted by molar-refractivity contribution is 0.869. The van der Waals surface area contributed by atoms with Gasteiger partial charge in [0.05, 0.1) is 11.0 Å². The third-order valence-electron chi connectivity index (χ3n) is 10.7. The Balaban J connectivity index is 1.40. The molecule has 10 aromatic rings. The Bertz CT molecular complexity index is 2930. The Hall–Kier alpha value is -5.97. The first-order valence-electron chi connectivity index (χ1n) is 18.2. The van der Waals surface area contributed by atoms with E-state index in [-0.39, 0.29) is 0 Å². The Morgan fingerprint density at radius 1 is 0.340 bits per heavy atom. The second kappa shape index (κ2) is 13.2. The van der Waals surface area contributed by atoms with Crippen LogP contribution in [0.3, 0.4) is 0 Å². The molecule has 0 radical (unpaired) electrons. The van der Waals surface area contributed by atoms with Gasteiger partial charge in [-0.2, -0.15) is 0 Å². The van der Waals surface area contributed by atoms with E-state index in [4.69, 9.17) is 0 Å². The minimum absolute atomic E-state index is 0.767. The second-order valence-electron chi connectivity index (χ2n) is 13.8. The summed E-state index contributed by atoms with van der Waals surface area (Å²) >= 11 is 2.40. The summed E-state index contributed by atoms with van der Waals surface area (Å²) in [4.78, 5) is 0. The predicted octanol–water partition coefficient (Wildman–Crippen LogP) is 14.4. The molecule has 0 aliphatic heterocycles. The number of aromatic nitrogens is 1. The molecule has 2 heteroatoms. The number of nitrogens with zero attached hydrogens (tertiary/aromatic N) is 1. The molecule has 0 aliphatic carbocycles. The molecule has 1 nitrogen and oxygen atoms in total. The zero-order valence-electron chi connectivity index (χ0n) is 29.0. The average molecular weight is 788 g/mol. The normalized spacial score (nSPS) is 11.6. The fraction of sp³-hybridized carbons (Fsp3) is 0.0196. The zero-order valence-corrected chi connectivity index (χ0v) is 31.2. The van der Waals surface area contributed by atoms with Gasteiger partial charge < -0.3 is 4.57 Å². The van der Waals surface area contributed by atoms with E-state index >= 15 is 0 Å². The summed E-state index contributed by atoms with van der Waals surface area (Å²) < 4.78 is 3.80. The van der Waals surface area contributed by atoms with Crippen molar-refractivity contribution in [1.82, 2.24) is 4.57 Å². The van der Waals surface area contributed by atoms with Crippen molar-refractivity contribution in [3.05, 3.63) is 203 Å². The third kappa shape index (κ3) is 5.62. The quantitative estimate of drug-likeness (QED) is 0.117. The van der Waals surface area contributed by atoms with Gasteiger partial charge in [0, 0.05) is 26.3 Å². The van der Waals surface area contributed by atoms with Crippen LogP contribution in [0.2, 0.25) is 0 Å². The van der Waals surface area contributed by atoms with Crippen LogP contribution in [0.1, 0.15) is 5.56 Å². The van der Waals surface area contributed by atoms with E-state index in [1.165, 1.54) is 97.0 Å². The maximum Gasteiger partial charge on any atom is 0.0507 e. The molecule has 0 saturated heterocycles. The van der Waals surface area contributed by atoms with Crippen LogP contribution >= 0.6 is 22.6 Å². The van der Waals surface area contributed by atoms with E-state index in [9.17, 15) is 0 Å². The van der Waals surface area contributed by atoms with Gasteiger partial charge in [-0.25, -0.2) is 0 Å². The molecule has 0 N–H and O–H groups in total. The van der Waals surface area contributed by atoms with Crippen LogP contribution in [0, 0.1) is 3.57 Å². The number of fused-ring (bicyclic) bond motifs is 7. The molecular weight excluding hydrogens is 753 g/mol. The number of hydrogen-bond donors (Lipinski definition) is 0. The molecule has 0 bridgehead atoms. The zero-order chi connectivity index (χ0) is 35.3. The number of benzene rings is 9. The summed E-state index contributed by atoms with van der Waals surface area (Å²) in [6.45, 7) is 0.767. The van der Waals surface area contributed by atoms with Gasteiger partial charge in [0.1, 0.15) is 0 Å². The highest BCUT2D eigenvalue weighted by atomic mass is 127. The smallest absolute Gasteiger partial charge is 0.0507 e. The SMILES string of the molecule is Ic1ccc(Cn2c3cc(-c4ccccc4)cc(-c4ccccc4)c3c3c4c(ccc5cc(-c6ccccc6)cc(-c6ccccc6)c54)ccc32)cc1. The lowest BCUT2D eigenvalue weighted by Gasteiger charge is -2.15. The van der Waals surface area contributed by atoms with Crippen molar-refractivity contribution >= 4 is 65.9 Å². The molecule has 250 valence electrons. The van der Waals surface area contributed by atoms with Gasteiger partial charge >= 0.3 is 0 Å². The van der Waals surface area contributed by atoms with Crippen molar-refractivity contribution in [2.45, 2.75) is 6.54 Å². The van der Waals surface area contributed by atoms with Crippen LogP contribution in [0.25, 0.3) is 87.9 Å². The molecule has 1 aromatic heterocycles. The van der Waals surface area contributed by atoms with Crippen molar-refractivity contribution in [2.24, 2.45) is 0 Å². The Labute approximate surface area is 322 Å². The molecule has 0 unspecified atom stereocenters. The van der Waals surface area contributed by atoms with Crippen molar-refractivity contribution in [2.75, 3.05) is 0 Å². The van der Waals surface area contributed by atoms with Crippen LogP contribution in [-0.4, -0.2) is 4.57 Å². The fourth-order valence-electron chi connectivity index (χ4n) is 8.21. The van der Waals surface area contributed by atoms with E-state index < -0.39 is 0 Å². The minimum atomic E-state index is 0.767. The summed E-state index contributed by atoms with van der Waals surface area (Å²) in [6, 6.07) is 71.4. The van der Waals surface area contributed by atoms with Crippen LogP contribution in [0.5, 0.6) is 0 Å². The highest BCUT2D eigenvalue weighted by Crippen LogP contribution is 2.47. The van der Waals surface area contributed by atoms with Gasteiger partial charge in [-0.15, -0.1) is 0 Å². The van der Waals surface area contributed by atoms with Crippen LogP contribution in [0.15, 0.2) is 194 Å². The van der Waals surface area contributed by atoms with E-state index in [1.54, 1.807) is 0 Å². The Kier molecular flexibility index (Phi) is 7.92. The first-order valence-corrected chi connectivity index (χ1v) is 19.2. The number of halogens is 1. The lowest BCUT2D eigenvalue weighted by Crippen LogP contribution is -2.00. The summed E-state index contributed by atoms with van der Waals surface area (Å²) in [5.74, 6) is 0. The molecular formula is C51H34IN. The summed E-state index contributed by atoms with van der Waals surface area (Å²) in [6.07, 6.45) is 0. The van der Waals surface area contributed by atoms with Crippen LogP contribution in [0.4, 0.5) is 0 Å². The van der Waals surface area contributed by atoms with Crippen molar-refractivity contribution < 1.29 is 0 Å². The average Bonchev–Trinajstić information content (AvgIpc) is 3.55. The standard InChI is InChI=1S/C51H34IN/c52-43-26-21-34(22-27-43)33-53-46-28-25-39-23-24-40-29-41(35-13-5-1-6-14-35)30-44(37-17-9-3-10-18-37)48(40)49(39)51(46)50-45(38-19-11-4-12-20-38)31-42(32-47(50)53)36-15-7-2-8-16-36/h1-32H,33H2. The maximum absolute atomic E-state index is 2.56. The highest BCUT2D eigenvalue weighted by Gasteiger charge is 2.22. The van der Waals surface area contributed by atoms with E-state index in [0.717, 1.165) is 6.54 Å². The highest BCUT2D eigenvalue weighted by molar-refractivity contribution is 14.1. The number of hydrogen-bond acceptors (Lipinski definition) is 0. The molecule has 0 fully saturated rings. The van der Waals surface area contributed by atoms with Crippen LogP contribution < -0.4 is 0 Å². The summed E-state index contributed by atoms with van der Waals surface area (Å²) in [7, 11) is 0. The molecule has 9 aromatic carbocycles. The second-order valence-corrected chi connectivity index (χ2v) is 15.1. The van der Waals surface area contributed by atoms with Crippen molar-refractivity contribution in [3.63, 3.8) is 0 Å². The first-order chi connectivity index (χ1) is 26.2. The maximum atomic E-state index is 2.56. The summed E-state index contributed by atoms with van der Waals surface area (Å²) in [5, 5.41) is 7.67. The van der Waals surface area contributed by atoms with Crippen molar-refractivity contribution in [3.8, 4) is 44.5 Å². The van der Waals surface area contributed by atoms with Crippen molar-refractivity contribution in [1.29, 1.82) is 0 Å². The Morgan fingerprint density at radius 3 is 1.42 bits per heavy atom. The molecule has 0 spiro atoms. The first kappa shape index (κ1) is 31.7. The lowest BCUT2D eigenvalue weighted by atomic mass is 9.87. The number of rotatable bonds is 6. The minimum Gasteiger partial charge on any atom is -0.336 e.